The molecule has 3 aliphatic rings. The molecule has 0 fully saturated rings. The lowest BCUT2D eigenvalue weighted by Crippen LogP contribution is -2.25. The summed E-state index contributed by atoms with van der Waals surface area (Å²) in [5.41, 5.74) is 0.437. The molecule has 0 saturated heterocycles. The van der Waals surface area contributed by atoms with Gasteiger partial charge in [-0.15, -0.1) is 0 Å². The van der Waals surface area contributed by atoms with E-state index in [1.807, 2.05) is 12.2 Å². The highest BCUT2D eigenvalue weighted by molar-refractivity contribution is 6.32. The van der Waals surface area contributed by atoms with Crippen LogP contribution in [0, 0.1) is 68.0 Å². The van der Waals surface area contributed by atoms with Gasteiger partial charge in [0, 0.05) is 16.2 Å². The molecule has 0 spiro atoms. The SMILES string of the molecule is CC1(C)OC(=C(C#N)C#N)C(C#N)=C1/C=C/C1=C(Cl)C(=C/C=C2/C(C#N)=C(C(=C=[N-])C#N)OC2(C)C)/CC(C(C)(C)C)C1. The Balaban J connectivity index is 2.20. The van der Waals surface area contributed by atoms with Gasteiger partial charge in [-0.1, -0.05) is 56.7 Å². The summed E-state index contributed by atoms with van der Waals surface area (Å²) >= 11 is 6.99. The van der Waals surface area contributed by atoms with Crippen molar-refractivity contribution in [3.63, 3.8) is 0 Å². The third-order valence-electron chi connectivity index (χ3n) is 7.75. The molecule has 1 unspecified atom stereocenters. The minimum atomic E-state index is -0.960. The predicted octanol–water partition coefficient (Wildman–Crippen LogP) is 7.55. The molecule has 1 atom stereocenters. The van der Waals surface area contributed by atoms with E-state index in [9.17, 15) is 31.7 Å². The lowest BCUT2D eigenvalue weighted by Gasteiger charge is -2.35. The minimum Gasteiger partial charge on any atom is -0.762 e. The van der Waals surface area contributed by atoms with Crippen LogP contribution in [-0.2, 0) is 9.47 Å². The summed E-state index contributed by atoms with van der Waals surface area (Å²) in [5.74, 6) is 1.93. The summed E-state index contributed by atoms with van der Waals surface area (Å²) in [6.45, 7) is 13.5. The van der Waals surface area contributed by atoms with Gasteiger partial charge in [0.15, 0.2) is 17.1 Å². The number of rotatable bonds is 4. The Labute approximate surface area is 257 Å². The van der Waals surface area contributed by atoms with Crippen LogP contribution in [0.2, 0.25) is 0 Å². The number of halogens is 1. The fraction of sp³-hybridized carbons (Fsp3) is 0.382. The van der Waals surface area contributed by atoms with Gasteiger partial charge in [-0.3, -0.25) is 0 Å². The summed E-state index contributed by atoms with van der Waals surface area (Å²) in [6.07, 6.45) is 8.55. The lowest BCUT2D eigenvalue weighted by molar-refractivity contribution is 0.0950. The zero-order chi connectivity index (χ0) is 32.3. The van der Waals surface area contributed by atoms with Gasteiger partial charge in [0.2, 0.25) is 0 Å². The molecule has 216 valence electrons. The molecule has 0 N–H and O–H groups in total. The number of nitriles is 5. The summed E-state index contributed by atoms with van der Waals surface area (Å²) in [5, 5.41) is 57.8. The number of hydrogen-bond acceptors (Lipinski definition) is 7. The van der Waals surface area contributed by atoms with Crippen molar-refractivity contribution in [3.8, 4) is 30.3 Å². The van der Waals surface area contributed by atoms with Gasteiger partial charge in [-0.2, -0.15) is 26.3 Å². The maximum Gasteiger partial charge on any atom is 0.172 e. The number of nitrogens with zero attached hydrogens (tertiary/aromatic N) is 6. The van der Waals surface area contributed by atoms with Crippen LogP contribution in [0.4, 0.5) is 0 Å². The van der Waals surface area contributed by atoms with E-state index in [1.165, 1.54) is 0 Å². The molecule has 0 radical (unpaired) electrons. The zero-order valence-electron chi connectivity index (χ0n) is 25.2. The van der Waals surface area contributed by atoms with E-state index in [-0.39, 0.29) is 45.1 Å². The highest BCUT2D eigenvalue weighted by atomic mass is 35.5. The molecule has 43 heavy (non-hydrogen) atoms. The number of hydrogen-bond donors (Lipinski definition) is 0. The highest BCUT2D eigenvalue weighted by Crippen LogP contribution is 2.46. The smallest absolute Gasteiger partial charge is 0.172 e. The first-order chi connectivity index (χ1) is 20.1. The fourth-order valence-electron chi connectivity index (χ4n) is 5.22. The molecule has 0 amide bonds. The zero-order valence-corrected chi connectivity index (χ0v) is 25.9. The second-order valence-corrected chi connectivity index (χ2v) is 12.8. The Kier molecular flexibility index (Phi) is 9.11. The van der Waals surface area contributed by atoms with Gasteiger partial charge in [0.05, 0.1) is 0 Å². The van der Waals surface area contributed by atoms with Crippen LogP contribution < -0.4 is 0 Å². The van der Waals surface area contributed by atoms with Crippen molar-refractivity contribution >= 4 is 17.5 Å². The Morgan fingerprint density at radius 2 is 1.51 bits per heavy atom. The molecular weight excluding hydrogens is 560 g/mol. The molecule has 2 aliphatic heterocycles. The van der Waals surface area contributed by atoms with Gasteiger partial charge < -0.3 is 14.9 Å². The van der Waals surface area contributed by atoms with Crippen molar-refractivity contribution in [1.29, 1.82) is 26.3 Å². The number of allylic oxidation sites excluding steroid dienone is 9. The normalized spacial score (nSPS) is 22.8. The largest absolute Gasteiger partial charge is 0.762 e. The molecule has 8 nitrogen and oxygen atoms in total. The van der Waals surface area contributed by atoms with Crippen molar-refractivity contribution in [2.45, 2.75) is 72.5 Å². The molecule has 9 heteroatoms. The van der Waals surface area contributed by atoms with Crippen molar-refractivity contribution in [1.82, 2.24) is 0 Å². The van der Waals surface area contributed by atoms with E-state index < -0.39 is 11.2 Å². The summed E-state index contributed by atoms with van der Waals surface area (Å²) < 4.78 is 11.8. The topological polar surface area (TPSA) is 160 Å². The van der Waals surface area contributed by atoms with E-state index in [4.69, 9.17) is 21.1 Å². The van der Waals surface area contributed by atoms with E-state index >= 15 is 0 Å². The molecule has 1 aliphatic carbocycles. The first-order valence-electron chi connectivity index (χ1n) is 13.5. The van der Waals surface area contributed by atoms with Crippen molar-refractivity contribution < 1.29 is 9.47 Å². The van der Waals surface area contributed by atoms with E-state index in [1.54, 1.807) is 63.9 Å². The lowest BCUT2D eigenvalue weighted by atomic mass is 9.70. The second kappa shape index (κ2) is 12.1. The summed E-state index contributed by atoms with van der Waals surface area (Å²) in [6, 6.07) is 9.57. The average Bonchev–Trinajstić information content (AvgIpc) is 3.35. The first-order valence-corrected chi connectivity index (χ1v) is 13.9. The van der Waals surface area contributed by atoms with Crippen molar-refractivity contribution in [3.05, 3.63) is 90.8 Å². The Morgan fingerprint density at radius 1 is 0.884 bits per heavy atom. The molecular formula is C34H30ClN6O2-. The highest BCUT2D eigenvalue weighted by Gasteiger charge is 2.40. The summed E-state index contributed by atoms with van der Waals surface area (Å²) in [4.78, 5) is 0. The van der Waals surface area contributed by atoms with E-state index in [0.717, 1.165) is 11.1 Å². The van der Waals surface area contributed by atoms with Crippen LogP contribution in [0.15, 0.2) is 85.4 Å². The van der Waals surface area contributed by atoms with Gasteiger partial charge in [-0.25, -0.2) is 5.87 Å². The first kappa shape index (κ1) is 32.5. The van der Waals surface area contributed by atoms with Crippen molar-refractivity contribution in [2.75, 3.05) is 0 Å². The number of ether oxygens (including phenoxy) is 2. The van der Waals surface area contributed by atoms with Gasteiger partial charge in [-0.05, 0) is 63.0 Å². The quantitative estimate of drug-likeness (QED) is 0.241. The van der Waals surface area contributed by atoms with E-state index in [2.05, 4.69) is 32.9 Å². The van der Waals surface area contributed by atoms with Crippen molar-refractivity contribution in [2.24, 2.45) is 11.3 Å². The van der Waals surface area contributed by atoms with Gasteiger partial charge in [0.1, 0.15) is 58.3 Å². The summed E-state index contributed by atoms with van der Waals surface area (Å²) in [7, 11) is 0. The third kappa shape index (κ3) is 6.26. The second-order valence-electron chi connectivity index (χ2n) is 12.4. The van der Waals surface area contributed by atoms with Gasteiger partial charge in [0.25, 0.3) is 0 Å². The molecule has 3 rings (SSSR count). The molecule has 0 aromatic heterocycles. The van der Waals surface area contributed by atoms with E-state index in [0.29, 0.717) is 29.0 Å². The Morgan fingerprint density at radius 3 is 2.02 bits per heavy atom. The van der Waals surface area contributed by atoms with Crippen LogP contribution in [-0.4, -0.2) is 17.1 Å². The standard InChI is InChI=1S/C34H30ClN6O2/c1-32(2,3)24-12-20(8-10-27-25(18-40)30(22(14-36)15-37)42-33(27,4)5)29(35)21(13-24)9-11-28-26(19-41)31(23(16-38)17-39)43-34(28,6)7/h8-11,24H,12-13H2,1-7H3/q-1/b10-8+,21-9+,28-11-. The van der Waals surface area contributed by atoms with Crippen LogP contribution in [0.5, 0.6) is 0 Å². The van der Waals surface area contributed by atoms with Crippen LogP contribution in [0.1, 0.15) is 61.3 Å². The minimum absolute atomic E-state index is 0.0315. The average molecular weight is 590 g/mol. The Hall–Kier alpha value is -5.03. The molecule has 0 bridgehead atoms. The molecule has 0 aromatic carbocycles. The van der Waals surface area contributed by atoms with Gasteiger partial charge >= 0.3 is 0 Å². The molecule has 2 heterocycles. The molecule has 0 saturated carbocycles. The maximum atomic E-state index is 9.90. The Bertz CT molecular complexity index is 1740. The third-order valence-corrected chi connectivity index (χ3v) is 8.24. The van der Waals surface area contributed by atoms with Crippen LogP contribution in [0.25, 0.3) is 5.41 Å². The predicted molar refractivity (Wildman–Crippen MR) is 162 cm³/mol. The van der Waals surface area contributed by atoms with Crippen LogP contribution >= 0.6 is 11.6 Å². The fourth-order valence-corrected chi connectivity index (χ4v) is 5.50. The monoisotopic (exact) mass is 589 g/mol. The van der Waals surface area contributed by atoms with Crippen LogP contribution in [0.3, 0.4) is 0 Å². The molecule has 0 aromatic rings. The maximum absolute atomic E-state index is 9.90.